The molecule has 1 aliphatic rings. The van der Waals surface area contributed by atoms with E-state index in [1.165, 1.54) is 5.56 Å². The molecule has 5 heteroatoms. The molecule has 0 spiro atoms. The third-order valence-corrected chi connectivity index (χ3v) is 3.84. The van der Waals surface area contributed by atoms with Crippen molar-refractivity contribution < 1.29 is 5.21 Å². The Hall–Kier alpha value is -1.75. The fourth-order valence-corrected chi connectivity index (χ4v) is 2.44. The van der Waals surface area contributed by atoms with Crippen LogP contribution in [-0.4, -0.2) is 48.7 Å². The summed E-state index contributed by atoms with van der Waals surface area (Å²) in [6, 6.07) is 6.50. The normalized spacial score (nSPS) is 21.7. The van der Waals surface area contributed by atoms with Gasteiger partial charge >= 0.3 is 0 Å². The lowest BCUT2D eigenvalue weighted by molar-refractivity contribution is 0.234. The largest absolute Gasteiger partial charge is 0.409 e. The van der Waals surface area contributed by atoms with Crippen LogP contribution < -0.4 is 10.6 Å². The van der Waals surface area contributed by atoms with Crippen molar-refractivity contribution in [1.29, 1.82) is 0 Å². The minimum atomic E-state index is 0.168. The molecule has 1 saturated heterocycles. The Morgan fingerprint density at radius 2 is 2.16 bits per heavy atom. The molecule has 0 amide bonds. The maximum absolute atomic E-state index is 8.91. The number of nitrogens with zero attached hydrogens (tertiary/aromatic N) is 3. The molecular weight excluding hydrogens is 240 g/mol. The molecule has 104 valence electrons. The van der Waals surface area contributed by atoms with Crippen molar-refractivity contribution in [3.05, 3.63) is 29.3 Å². The zero-order valence-corrected chi connectivity index (χ0v) is 11.8. The second kappa shape index (κ2) is 5.48. The van der Waals surface area contributed by atoms with Crippen LogP contribution in [-0.2, 0) is 0 Å². The quantitative estimate of drug-likeness (QED) is 0.364. The van der Waals surface area contributed by atoms with Gasteiger partial charge in [0.15, 0.2) is 5.84 Å². The van der Waals surface area contributed by atoms with Crippen LogP contribution in [0.3, 0.4) is 0 Å². The fourth-order valence-electron chi connectivity index (χ4n) is 2.44. The zero-order valence-electron chi connectivity index (χ0n) is 11.8. The van der Waals surface area contributed by atoms with E-state index in [1.807, 2.05) is 12.1 Å². The molecular formula is C14H22N4O. The minimum Gasteiger partial charge on any atom is -0.409 e. The van der Waals surface area contributed by atoms with Crippen molar-refractivity contribution >= 4 is 11.5 Å². The van der Waals surface area contributed by atoms with Crippen LogP contribution in [0.4, 0.5) is 5.69 Å². The molecule has 1 aromatic carbocycles. The summed E-state index contributed by atoms with van der Waals surface area (Å²) in [5.41, 5.74) is 8.80. The highest BCUT2D eigenvalue weighted by Gasteiger charge is 2.23. The zero-order chi connectivity index (χ0) is 14.0. The molecule has 0 aromatic heterocycles. The van der Waals surface area contributed by atoms with Crippen LogP contribution in [0.1, 0.15) is 18.1 Å². The van der Waals surface area contributed by atoms with Gasteiger partial charge in [0, 0.05) is 36.9 Å². The number of nitrogens with two attached hydrogens (primary N) is 1. The molecule has 19 heavy (non-hydrogen) atoms. The predicted molar refractivity (Wildman–Crippen MR) is 78.0 cm³/mol. The summed E-state index contributed by atoms with van der Waals surface area (Å²) < 4.78 is 0. The summed E-state index contributed by atoms with van der Waals surface area (Å²) in [5, 5.41) is 12.0. The summed E-state index contributed by atoms with van der Waals surface area (Å²) in [6.07, 6.45) is 0. The van der Waals surface area contributed by atoms with E-state index < -0.39 is 0 Å². The Bertz CT molecular complexity index is 486. The van der Waals surface area contributed by atoms with Crippen LogP contribution in [0.2, 0.25) is 0 Å². The molecule has 3 N–H and O–H groups in total. The maximum atomic E-state index is 8.91. The van der Waals surface area contributed by atoms with Gasteiger partial charge < -0.3 is 20.7 Å². The van der Waals surface area contributed by atoms with E-state index >= 15 is 0 Å². The summed E-state index contributed by atoms with van der Waals surface area (Å²) in [4.78, 5) is 4.65. The molecule has 1 aromatic rings. The maximum Gasteiger partial charge on any atom is 0.172 e. The Morgan fingerprint density at radius 1 is 1.42 bits per heavy atom. The van der Waals surface area contributed by atoms with Gasteiger partial charge in [-0.3, -0.25) is 0 Å². The third kappa shape index (κ3) is 2.81. The van der Waals surface area contributed by atoms with Gasteiger partial charge in [-0.25, -0.2) is 0 Å². The summed E-state index contributed by atoms with van der Waals surface area (Å²) in [6.45, 7) is 7.19. The van der Waals surface area contributed by atoms with Crippen LogP contribution in [0.5, 0.6) is 0 Å². The van der Waals surface area contributed by atoms with Gasteiger partial charge in [-0.15, -0.1) is 0 Å². The van der Waals surface area contributed by atoms with Crippen LogP contribution in [0.15, 0.2) is 23.4 Å². The number of amidine groups is 1. The molecule has 1 atom stereocenters. The SMILES string of the molecule is Cc1ccc(C(N)=NO)c(N2CCN(C)C(C)C2)c1. The van der Waals surface area contributed by atoms with Crippen LogP contribution in [0, 0.1) is 6.92 Å². The first-order valence-electron chi connectivity index (χ1n) is 6.56. The molecule has 5 nitrogen and oxygen atoms in total. The van der Waals surface area contributed by atoms with E-state index in [1.54, 1.807) is 0 Å². The summed E-state index contributed by atoms with van der Waals surface area (Å²) in [7, 11) is 2.14. The van der Waals surface area contributed by atoms with E-state index in [9.17, 15) is 0 Å². The van der Waals surface area contributed by atoms with Crippen LogP contribution in [0.25, 0.3) is 0 Å². The number of rotatable bonds is 2. The first-order valence-corrected chi connectivity index (χ1v) is 6.56. The lowest BCUT2D eigenvalue weighted by Crippen LogP contribution is -2.50. The highest BCUT2D eigenvalue weighted by molar-refractivity contribution is 6.02. The van der Waals surface area contributed by atoms with Gasteiger partial charge in [-0.05, 0) is 38.6 Å². The number of benzene rings is 1. The molecule has 1 unspecified atom stereocenters. The standard InChI is InChI=1S/C14H22N4O/c1-10-4-5-12(14(15)16-19)13(8-10)18-7-6-17(3)11(2)9-18/h4-5,8,11,19H,6-7,9H2,1-3H3,(H2,15,16). The van der Waals surface area contributed by atoms with Gasteiger partial charge in [0.1, 0.15) is 0 Å². The lowest BCUT2D eigenvalue weighted by atomic mass is 10.1. The second-order valence-electron chi connectivity index (χ2n) is 5.28. The molecule has 2 rings (SSSR count). The number of oxime groups is 1. The summed E-state index contributed by atoms with van der Waals surface area (Å²) in [5.74, 6) is 0.168. The van der Waals surface area contributed by atoms with Crippen LogP contribution >= 0.6 is 0 Å². The molecule has 1 fully saturated rings. The van der Waals surface area contributed by atoms with E-state index in [4.69, 9.17) is 10.9 Å². The highest BCUT2D eigenvalue weighted by Crippen LogP contribution is 2.24. The topological polar surface area (TPSA) is 65.1 Å². The van der Waals surface area contributed by atoms with Gasteiger partial charge in [0.2, 0.25) is 0 Å². The molecule has 1 heterocycles. The average Bonchev–Trinajstić information content (AvgIpc) is 2.41. The second-order valence-corrected chi connectivity index (χ2v) is 5.28. The molecule has 0 radical (unpaired) electrons. The minimum absolute atomic E-state index is 0.168. The number of anilines is 1. The lowest BCUT2D eigenvalue weighted by Gasteiger charge is -2.39. The van der Waals surface area contributed by atoms with Gasteiger partial charge in [0.25, 0.3) is 0 Å². The van der Waals surface area contributed by atoms with Gasteiger partial charge in [0.05, 0.1) is 0 Å². The van der Waals surface area contributed by atoms with Crippen molar-refractivity contribution in [1.82, 2.24) is 4.90 Å². The Balaban J connectivity index is 2.35. The number of aryl methyl sites for hydroxylation is 1. The Kier molecular flexibility index (Phi) is 3.95. The average molecular weight is 262 g/mol. The molecule has 1 aliphatic heterocycles. The molecule has 0 bridgehead atoms. The van der Waals surface area contributed by atoms with Crippen molar-refractivity contribution in [2.24, 2.45) is 10.9 Å². The number of hydrogen-bond acceptors (Lipinski definition) is 4. The first kappa shape index (κ1) is 13.7. The van der Waals surface area contributed by atoms with Crippen molar-refractivity contribution in [2.45, 2.75) is 19.9 Å². The predicted octanol–water partition coefficient (Wildman–Crippen LogP) is 1.23. The Morgan fingerprint density at radius 3 is 2.79 bits per heavy atom. The van der Waals surface area contributed by atoms with E-state index in [2.05, 4.69) is 41.9 Å². The van der Waals surface area contributed by atoms with Crippen molar-refractivity contribution in [3.8, 4) is 0 Å². The third-order valence-electron chi connectivity index (χ3n) is 3.84. The molecule has 0 saturated carbocycles. The molecule has 0 aliphatic carbocycles. The number of piperazine rings is 1. The monoisotopic (exact) mass is 262 g/mol. The van der Waals surface area contributed by atoms with Gasteiger partial charge in [-0.1, -0.05) is 11.2 Å². The summed E-state index contributed by atoms with van der Waals surface area (Å²) >= 11 is 0. The van der Waals surface area contributed by atoms with E-state index in [0.717, 1.165) is 30.9 Å². The number of likely N-dealkylation sites (N-methyl/N-ethyl adjacent to an activating group) is 1. The Labute approximate surface area is 114 Å². The van der Waals surface area contributed by atoms with E-state index in [-0.39, 0.29) is 5.84 Å². The highest BCUT2D eigenvalue weighted by atomic mass is 16.4. The first-order chi connectivity index (χ1) is 9.02. The number of hydrogen-bond donors (Lipinski definition) is 2. The van der Waals surface area contributed by atoms with E-state index in [0.29, 0.717) is 6.04 Å². The smallest absolute Gasteiger partial charge is 0.172 e. The fraction of sp³-hybridized carbons (Fsp3) is 0.500. The van der Waals surface area contributed by atoms with Crippen molar-refractivity contribution in [3.63, 3.8) is 0 Å². The van der Waals surface area contributed by atoms with Gasteiger partial charge in [-0.2, -0.15) is 0 Å². The van der Waals surface area contributed by atoms with Crippen molar-refractivity contribution in [2.75, 3.05) is 31.6 Å².